The molecule has 0 saturated carbocycles. The summed E-state index contributed by atoms with van der Waals surface area (Å²) in [6.45, 7) is 2.37. The number of rotatable bonds is 5. The van der Waals surface area contributed by atoms with Gasteiger partial charge >= 0.3 is 0 Å². The van der Waals surface area contributed by atoms with Crippen molar-refractivity contribution in [3.05, 3.63) is 28.5 Å². The molecule has 0 fully saturated rings. The summed E-state index contributed by atoms with van der Waals surface area (Å²) in [5.74, 6) is -0.792. The quantitative estimate of drug-likeness (QED) is 0.879. The van der Waals surface area contributed by atoms with Crippen LogP contribution in [0.1, 0.15) is 19.8 Å². The molecule has 0 spiro atoms. The summed E-state index contributed by atoms with van der Waals surface area (Å²) >= 11 is 3.16. The number of nitrogens with one attached hydrogen (secondary N) is 1. The van der Waals surface area contributed by atoms with Gasteiger partial charge in [-0.15, -0.1) is 0 Å². The number of hydrogen-bond acceptors (Lipinski definition) is 2. The Morgan fingerprint density at radius 1 is 1.59 bits per heavy atom. The normalized spacial score (nSPS) is 12.2. The summed E-state index contributed by atoms with van der Waals surface area (Å²) < 4.78 is 14.1. The van der Waals surface area contributed by atoms with Crippen LogP contribution in [0.25, 0.3) is 0 Å². The standard InChI is InChI=1S/C12H16BrFN2O/c1-8(3-2-6-15)12(17)16-11-5-4-9(13)7-10(11)14/h4-5,7-8H,2-3,6,15H2,1H3,(H,16,17). The van der Waals surface area contributed by atoms with E-state index in [1.807, 2.05) is 6.92 Å². The zero-order chi connectivity index (χ0) is 12.8. The first-order valence-corrected chi connectivity index (χ1v) is 6.30. The molecule has 0 aromatic heterocycles. The van der Waals surface area contributed by atoms with Crippen molar-refractivity contribution >= 4 is 27.5 Å². The van der Waals surface area contributed by atoms with E-state index in [-0.39, 0.29) is 17.5 Å². The molecule has 94 valence electrons. The van der Waals surface area contributed by atoms with Gasteiger partial charge in [0.1, 0.15) is 5.82 Å². The third-order valence-electron chi connectivity index (χ3n) is 2.48. The third-order valence-corrected chi connectivity index (χ3v) is 2.97. The zero-order valence-corrected chi connectivity index (χ0v) is 11.3. The fourth-order valence-corrected chi connectivity index (χ4v) is 1.74. The van der Waals surface area contributed by atoms with Crippen LogP contribution >= 0.6 is 15.9 Å². The number of benzene rings is 1. The van der Waals surface area contributed by atoms with Crippen LogP contribution in [0.15, 0.2) is 22.7 Å². The molecule has 5 heteroatoms. The molecule has 0 bridgehead atoms. The summed E-state index contributed by atoms with van der Waals surface area (Å²) in [6.07, 6.45) is 1.50. The molecule has 1 atom stereocenters. The average molecular weight is 303 g/mol. The Bertz CT molecular complexity index is 398. The van der Waals surface area contributed by atoms with Gasteiger partial charge in [0.2, 0.25) is 5.91 Å². The molecule has 3 nitrogen and oxygen atoms in total. The van der Waals surface area contributed by atoms with Gasteiger partial charge in [0.25, 0.3) is 0 Å². The lowest BCUT2D eigenvalue weighted by Crippen LogP contribution is -2.21. The fraction of sp³-hybridized carbons (Fsp3) is 0.417. The van der Waals surface area contributed by atoms with Crippen molar-refractivity contribution in [1.82, 2.24) is 0 Å². The van der Waals surface area contributed by atoms with Gasteiger partial charge in [-0.3, -0.25) is 4.79 Å². The summed E-state index contributed by atoms with van der Waals surface area (Å²) in [7, 11) is 0. The predicted molar refractivity (Wildman–Crippen MR) is 70.2 cm³/mol. The lowest BCUT2D eigenvalue weighted by Gasteiger charge is -2.12. The molecule has 0 aliphatic rings. The molecule has 1 aromatic rings. The van der Waals surface area contributed by atoms with Crippen LogP contribution in [0.3, 0.4) is 0 Å². The van der Waals surface area contributed by atoms with E-state index in [1.165, 1.54) is 12.1 Å². The van der Waals surface area contributed by atoms with Crippen molar-refractivity contribution in [2.24, 2.45) is 11.7 Å². The van der Waals surface area contributed by atoms with Crippen LogP contribution in [0.4, 0.5) is 10.1 Å². The summed E-state index contributed by atoms with van der Waals surface area (Å²) in [5.41, 5.74) is 5.58. The van der Waals surface area contributed by atoms with Crippen LogP contribution in [0.5, 0.6) is 0 Å². The number of carbonyl (C=O) groups is 1. The maximum atomic E-state index is 13.5. The van der Waals surface area contributed by atoms with Gasteiger partial charge in [-0.2, -0.15) is 0 Å². The van der Waals surface area contributed by atoms with Gasteiger partial charge in [0.05, 0.1) is 5.69 Å². The van der Waals surface area contributed by atoms with E-state index in [1.54, 1.807) is 6.07 Å². The Hall–Kier alpha value is -0.940. The lowest BCUT2D eigenvalue weighted by atomic mass is 10.0. The van der Waals surface area contributed by atoms with Crippen molar-refractivity contribution in [2.45, 2.75) is 19.8 Å². The molecular weight excluding hydrogens is 287 g/mol. The zero-order valence-electron chi connectivity index (χ0n) is 9.67. The second-order valence-electron chi connectivity index (χ2n) is 3.95. The highest BCUT2D eigenvalue weighted by molar-refractivity contribution is 9.10. The molecule has 0 radical (unpaired) electrons. The highest BCUT2D eigenvalue weighted by Crippen LogP contribution is 2.20. The summed E-state index contributed by atoms with van der Waals surface area (Å²) in [5, 5.41) is 2.57. The van der Waals surface area contributed by atoms with E-state index in [9.17, 15) is 9.18 Å². The second kappa shape index (κ2) is 6.71. The number of nitrogens with two attached hydrogens (primary N) is 1. The van der Waals surface area contributed by atoms with E-state index >= 15 is 0 Å². The van der Waals surface area contributed by atoms with Gasteiger partial charge in [-0.1, -0.05) is 22.9 Å². The topological polar surface area (TPSA) is 55.1 Å². The second-order valence-corrected chi connectivity index (χ2v) is 4.86. The molecular formula is C12H16BrFN2O. The van der Waals surface area contributed by atoms with Gasteiger partial charge in [0.15, 0.2) is 0 Å². The van der Waals surface area contributed by atoms with Gasteiger partial charge in [-0.05, 0) is 37.6 Å². The van der Waals surface area contributed by atoms with Gasteiger partial charge in [-0.25, -0.2) is 4.39 Å². The molecule has 1 unspecified atom stereocenters. The highest BCUT2D eigenvalue weighted by atomic mass is 79.9. The maximum Gasteiger partial charge on any atom is 0.227 e. The first-order valence-electron chi connectivity index (χ1n) is 5.50. The fourth-order valence-electron chi connectivity index (χ4n) is 1.40. The number of halogens is 2. The molecule has 0 saturated heterocycles. The largest absolute Gasteiger partial charge is 0.330 e. The SMILES string of the molecule is CC(CCCN)C(=O)Nc1ccc(Br)cc1F. The van der Waals surface area contributed by atoms with E-state index in [2.05, 4.69) is 21.2 Å². The van der Waals surface area contributed by atoms with Crippen molar-refractivity contribution in [3.63, 3.8) is 0 Å². The number of hydrogen-bond donors (Lipinski definition) is 2. The predicted octanol–water partition coefficient (Wildman–Crippen LogP) is 2.90. The molecule has 0 heterocycles. The molecule has 17 heavy (non-hydrogen) atoms. The lowest BCUT2D eigenvalue weighted by molar-refractivity contribution is -0.119. The smallest absolute Gasteiger partial charge is 0.227 e. The van der Waals surface area contributed by atoms with Crippen LogP contribution in [-0.2, 0) is 4.79 Å². The Morgan fingerprint density at radius 3 is 2.88 bits per heavy atom. The molecule has 0 aliphatic heterocycles. The van der Waals surface area contributed by atoms with Gasteiger partial charge < -0.3 is 11.1 Å². The van der Waals surface area contributed by atoms with Crippen molar-refractivity contribution in [3.8, 4) is 0 Å². The van der Waals surface area contributed by atoms with E-state index in [0.717, 1.165) is 6.42 Å². The minimum absolute atomic E-state index is 0.165. The highest BCUT2D eigenvalue weighted by Gasteiger charge is 2.14. The first kappa shape index (κ1) is 14.1. The van der Waals surface area contributed by atoms with Crippen molar-refractivity contribution < 1.29 is 9.18 Å². The molecule has 0 aliphatic carbocycles. The van der Waals surface area contributed by atoms with Crippen LogP contribution in [-0.4, -0.2) is 12.5 Å². The van der Waals surface area contributed by atoms with Crippen molar-refractivity contribution in [2.75, 3.05) is 11.9 Å². The third kappa shape index (κ3) is 4.44. The summed E-state index contributed by atoms with van der Waals surface area (Å²) in [6, 6.07) is 4.54. The minimum Gasteiger partial charge on any atom is -0.330 e. The van der Waals surface area contributed by atoms with Gasteiger partial charge in [0, 0.05) is 10.4 Å². The Balaban J connectivity index is 2.61. The van der Waals surface area contributed by atoms with Crippen LogP contribution in [0.2, 0.25) is 0 Å². The van der Waals surface area contributed by atoms with E-state index < -0.39 is 5.82 Å². The number of carbonyl (C=O) groups excluding carboxylic acids is 1. The Labute approximate surface area is 109 Å². The Morgan fingerprint density at radius 2 is 2.29 bits per heavy atom. The maximum absolute atomic E-state index is 13.5. The van der Waals surface area contributed by atoms with Crippen molar-refractivity contribution in [1.29, 1.82) is 0 Å². The molecule has 1 amide bonds. The molecule has 1 aromatic carbocycles. The summed E-state index contributed by atoms with van der Waals surface area (Å²) in [4.78, 5) is 11.7. The molecule has 1 rings (SSSR count). The van der Waals surface area contributed by atoms with E-state index in [0.29, 0.717) is 17.4 Å². The Kier molecular flexibility index (Phi) is 5.58. The first-order chi connectivity index (χ1) is 8.04. The average Bonchev–Trinajstić information content (AvgIpc) is 2.29. The van der Waals surface area contributed by atoms with Crippen LogP contribution in [0, 0.1) is 11.7 Å². The van der Waals surface area contributed by atoms with E-state index in [4.69, 9.17) is 5.73 Å². The van der Waals surface area contributed by atoms with Crippen LogP contribution < -0.4 is 11.1 Å². The minimum atomic E-state index is -0.446. The molecule has 3 N–H and O–H groups in total. The monoisotopic (exact) mass is 302 g/mol. The number of anilines is 1. The number of amides is 1.